The standard InChI is InChI=1S/C19H9BrF2N2O4/c20-10-1-4-15(14(22)7-10)23-16-5-3-12(24(26)27)9-18(16)28-17-6-2-11(21)8-13(17)19(23)25/h1-9H. The molecule has 0 saturated heterocycles. The third-order valence-electron chi connectivity index (χ3n) is 4.14. The lowest BCUT2D eigenvalue weighted by molar-refractivity contribution is -0.384. The van der Waals surface area contributed by atoms with Crippen LogP contribution in [0.3, 0.4) is 0 Å². The second kappa shape index (κ2) is 6.68. The third-order valence-corrected chi connectivity index (χ3v) is 4.63. The van der Waals surface area contributed by atoms with E-state index in [4.69, 9.17) is 4.74 Å². The number of fused-ring (bicyclic) bond motifs is 2. The summed E-state index contributed by atoms with van der Waals surface area (Å²) in [6.45, 7) is 0. The maximum absolute atomic E-state index is 14.7. The van der Waals surface area contributed by atoms with Gasteiger partial charge in [0.25, 0.3) is 11.6 Å². The summed E-state index contributed by atoms with van der Waals surface area (Å²) in [5.74, 6) is -2.15. The number of nitrogens with zero attached hydrogens (tertiary/aromatic N) is 2. The first kappa shape index (κ1) is 18.1. The molecular weight excluding hydrogens is 438 g/mol. The molecule has 0 unspecified atom stereocenters. The number of rotatable bonds is 2. The summed E-state index contributed by atoms with van der Waals surface area (Å²) >= 11 is 3.15. The molecule has 0 bridgehead atoms. The quantitative estimate of drug-likeness (QED) is 0.372. The minimum Gasteiger partial charge on any atom is -0.454 e. The number of hydrogen-bond acceptors (Lipinski definition) is 4. The van der Waals surface area contributed by atoms with Crippen LogP contribution in [-0.4, -0.2) is 10.8 Å². The highest BCUT2D eigenvalue weighted by Crippen LogP contribution is 2.44. The van der Waals surface area contributed by atoms with E-state index >= 15 is 0 Å². The Morgan fingerprint density at radius 2 is 1.71 bits per heavy atom. The molecule has 0 aliphatic carbocycles. The molecule has 0 fully saturated rings. The van der Waals surface area contributed by atoms with Gasteiger partial charge in [0.2, 0.25) is 0 Å². The zero-order chi connectivity index (χ0) is 20.0. The third kappa shape index (κ3) is 2.99. The van der Waals surface area contributed by atoms with Crippen LogP contribution in [-0.2, 0) is 0 Å². The predicted octanol–water partition coefficient (Wildman–Crippen LogP) is 5.72. The summed E-state index contributed by atoms with van der Waals surface area (Å²) in [7, 11) is 0. The van der Waals surface area contributed by atoms with E-state index in [-0.39, 0.29) is 34.1 Å². The molecule has 0 atom stereocenters. The molecule has 1 aliphatic heterocycles. The zero-order valence-corrected chi connectivity index (χ0v) is 15.4. The first-order valence-corrected chi connectivity index (χ1v) is 8.70. The minimum absolute atomic E-state index is 0.00756. The Morgan fingerprint density at radius 1 is 0.964 bits per heavy atom. The van der Waals surface area contributed by atoms with Crippen LogP contribution in [0.5, 0.6) is 11.5 Å². The van der Waals surface area contributed by atoms with Crippen molar-refractivity contribution in [3.63, 3.8) is 0 Å². The van der Waals surface area contributed by atoms with Gasteiger partial charge in [-0.1, -0.05) is 15.9 Å². The highest BCUT2D eigenvalue weighted by atomic mass is 79.9. The number of amides is 1. The Hall–Kier alpha value is -3.33. The largest absolute Gasteiger partial charge is 0.454 e. The van der Waals surface area contributed by atoms with Crippen molar-refractivity contribution >= 4 is 38.9 Å². The number of anilines is 2. The van der Waals surface area contributed by atoms with Gasteiger partial charge in [-0.3, -0.25) is 19.8 Å². The van der Waals surface area contributed by atoms with Crippen molar-refractivity contribution in [2.24, 2.45) is 0 Å². The summed E-state index contributed by atoms with van der Waals surface area (Å²) in [6.07, 6.45) is 0. The summed E-state index contributed by atoms with van der Waals surface area (Å²) < 4.78 is 34.5. The molecular formula is C19H9BrF2N2O4. The lowest BCUT2D eigenvalue weighted by Gasteiger charge is -2.22. The van der Waals surface area contributed by atoms with E-state index in [1.165, 1.54) is 36.4 Å². The SMILES string of the molecule is O=C1c2cc(F)ccc2Oc2cc([N+](=O)[O-])ccc2N1c1ccc(Br)cc1F. The molecule has 4 rings (SSSR count). The van der Waals surface area contributed by atoms with Crippen LogP contribution in [0.1, 0.15) is 10.4 Å². The number of carbonyl (C=O) groups excluding carboxylic acids is 1. The van der Waals surface area contributed by atoms with Gasteiger partial charge in [0.15, 0.2) is 5.75 Å². The van der Waals surface area contributed by atoms with Crippen molar-refractivity contribution in [2.45, 2.75) is 0 Å². The van der Waals surface area contributed by atoms with Crippen molar-refractivity contribution in [1.82, 2.24) is 0 Å². The average molecular weight is 447 g/mol. The molecule has 9 heteroatoms. The van der Waals surface area contributed by atoms with Crippen LogP contribution in [0, 0.1) is 21.7 Å². The van der Waals surface area contributed by atoms with Crippen molar-refractivity contribution < 1.29 is 23.2 Å². The highest BCUT2D eigenvalue weighted by molar-refractivity contribution is 9.10. The molecule has 0 saturated carbocycles. The first-order valence-electron chi connectivity index (χ1n) is 7.90. The van der Waals surface area contributed by atoms with Gasteiger partial charge in [-0.2, -0.15) is 0 Å². The molecule has 3 aromatic carbocycles. The van der Waals surface area contributed by atoms with E-state index in [1.807, 2.05) is 0 Å². The fourth-order valence-electron chi connectivity index (χ4n) is 2.89. The molecule has 1 aliphatic rings. The number of nitro groups is 1. The summed E-state index contributed by atoms with van der Waals surface area (Å²) in [5.41, 5.74) is -0.424. The minimum atomic E-state index is -0.733. The number of non-ortho nitro benzene ring substituents is 1. The monoisotopic (exact) mass is 446 g/mol. The molecule has 140 valence electrons. The molecule has 0 N–H and O–H groups in total. The van der Waals surface area contributed by atoms with Gasteiger partial charge in [0, 0.05) is 10.5 Å². The number of halogens is 3. The van der Waals surface area contributed by atoms with Gasteiger partial charge in [-0.15, -0.1) is 0 Å². The Balaban J connectivity index is 2.00. The number of ether oxygens (including phenoxy) is 1. The van der Waals surface area contributed by atoms with Gasteiger partial charge in [0.1, 0.15) is 17.4 Å². The van der Waals surface area contributed by atoms with Crippen molar-refractivity contribution in [2.75, 3.05) is 4.90 Å². The molecule has 3 aromatic rings. The highest BCUT2D eigenvalue weighted by Gasteiger charge is 2.32. The molecule has 28 heavy (non-hydrogen) atoms. The van der Waals surface area contributed by atoms with Crippen LogP contribution < -0.4 is 9.64 Å². The van der Waals surface area contributed by atoms with Crippen LogP contribution in [0.15, 0.2) is 59.1 Å². The van der Waals surface area contributed by atoms with E-state index < -0.39 is 22.5 Å². The van der Waals surface area contributed by atoms with Crippen LogP contribution >= 0.6 is 15.9 Å². The van der Waals surface area contributed by atoms with Gasteiger partial charge in [-0.25, -0.2) is 8.78 Å². The van der Waals surface area contributed by atoms with E-state index in [9.17, 15) is 23.7 Å². The summed E-state index contributed by atoms with van der Waals surface area (Å²) in [4.78, 5) is 24.7. The first-order chi connectivity index (χ1) is 13.3. The molecule has 1 amide bonds. The zero-order valence-electron chi connectivity index (χ0n) is 13.9. The predicted molar refractivity (Wildman–Crippen MR) is 100 cm³/mol. The molecule has 6 nitrogen and oxygen atoms in total. The Bertz CT molecular complexity index is 1150. The second-order valence-electron chi connectivity index (χ2n) is 5.89. The second-order valence-corrected chi connectivity index (χ2v) is 6.80. The van der Waals surface area contributed by atoms with E-state index in [2.05, 4.69) is 15.9 Å². The van der Waals surface area contributed by atoms with Crippen molar-refractivity contribution in [3.8, 4) is 11.5 Å². The van der Waals surface area contributed by atoms with Gasteiger partial charge >= 0.3 is 0 Å². The molecule has 0 spiro atoms. The van der Waals surface area contributed by atoms with E-state index in [0.29, 0.717) is 4.47 Å². The number of nitro benzene ring substituents is 1. The lowest BCUT2D eigenvalue weighted by atomic mass is 10.1. The van der Waals surface area contributed by atoms with Crippen molar-refractivity contribution in [3.05, 3.63) is 86.4 Å². The van der Waals surface area contributed by atoms with Gasteiger partial charge in [0.05, 0.1) is 27.9 Å². The normalized spacial score (nSPS) is 12.7. The maximum atomic E-state index is 14.7. The fraction of sp³-hybridized carbons (Fsp3) is 0. The maximum Gasteiger partial charge on any atom is 0.273 e. The van der Waals surface area contributed by atoms with Gasteiger partial charge in [-0.05, 0) is 42.5 Å². The summed E-state index contributed by atoms with van der Waals surface area (Å²) in [5, 5.41) is 11.1. The van der Waals surface area contributed by atoms with Crippen LogP contribution in [0.4, 0.5) is 25.8 Å². The lowest BCUT2D eigenvalue weighted by Crippen LogP contribution is -2.26. The smallest absolute Gasteiger partial charge is 0.273 e. The fourth-order valence-corrected chi connectivity index (χ4v) is 3.22. The Labute approximate surface area is 165 Å². The van der Waals surface area contributed by atoms with E-state index in [1.54, 1.807) is 0 Å². The molecule has 0 radical (unpaired) electrons. The Kier molecular flexibility index (Phi) is 4.31. The van der Waals surface area contributed by atoms with E-state index in [0.717, 1.165) is 23.1 Å². The molecule has 1 heterocycles. The van der Waals surface area contributed by atoms with Gasteiger partial charge < -0.3 is 4.74 Å². The van der Waals surface area contributed by atoms with Crippen molar-refractivity contribution in [1.29, 1.82) is 0 Å². The number of benzene rings is 3. The number of hydrogen-bond donors (Lipinski definition) is 0. The topological polar surface area (TPSA) is 72.7 Å². The summed E-state index contributed by atoms with van der Waals surface area (Å²) in [6, 6.07) is 11.0. The number of carbonyl (C=O) groups is 1. The average Bonchev–Trinajstić information content (AvgIpc) is 2.76. The molecule has 0 aromatic heterocycles. The van der Waals surface area contributed by atoms with Crippen LogP contribution in [0.25, 0.3) is 0 Å². The van der Waals surface area contributed by atoms with Crippen LogP contribution in [0.2, 0.25) is 0 Å². The Morgan fingerprint density at radius 3 is 2.43 bits per heavy atom.